The van der Waals surface area contributed by atoms with Crippen molar-refractivity contribution >= 4 is 17.5 Å². The number of hydrogen-bond acceptors (Lipinski definition) is 3. The molecule has 0 radical (unpaired) electrons. The summed E-state index contributed by atoms with van der Waals surface area (Å²) in [5.74, 6) is -0.503. The maximum Gasteiger partial charge on any atom is 0.257 e. The number of unbranched alkanes of at least 4 members (excludes halogenated alkanes) is 1. The molecule has 2 aromatic rings. The molecule has 5 heteroatoms. The van der Waals surface area contributed by atoms with E-state index >= 15 is 0 Å². The Labute approximate surface area is 129 Å². The molecule has 0 aliphatic heterocycles. The van der Waals surface area contributed by atoms with Gasteiger partial charge >= 0.3 is 0 Å². The zero-order chi connectivity index (χ0) is 15.8. The fourth-order valence-electron chi connectivity index (χ4n) is 1.89. The molecule has 114 valence electrons. The second-order valence-corrected chi connectivity index (χ2v) is 4.89. The number of amides is 2. The molecular weight excluding hydrogens is 278 g/mol. The number of nitrogens with zero attached hydrogens (tertiary/aromatic N) is 1. The summed E-state index contributed by atoms with van der Waals surface area (Å²) in [6.45, 7) is 2.68. The van der Waals surface area contributed by atoms with Gasteiger partial charge in [0, 0.05) is 24.6 Å². The minimum atomic E-state index is -0.290. The van der Waals surface area contributed by atoms with Crippen LogP contribution >= 0.6 is 0 Å². The maximum atomic E-state index is 12.2. The topological polar surface area (TPSA) is 71.1 Å². The van der Waals surface area contributed by atoms with Crippen molar-refractivity contribution in [3.63, 3.8) is 0 Å². The number of carbonyl (C=O) groups excluding carboxylic acids is 2. The van der Waals surface area contributed by atoms with Crippen LogP contribution in [0.25, 0.3) is 0 Å². The predicted octanol–water partition coefficient (Wildman–Crippen LogP) is 2.86. The van der Waals surface area contributed by atoms with Gasteiger partial charge in [-0.1, -0.05) is 31.5 Å². The molecule has 0 saturated heterocycles. The van der Waals surface area contributed by atoms with E-state index in [1.165, 1.54) is 12.4 Å². The van der Waals surface area contributed by atoms with Crippen LogP contribution in [0.3, 0.4) is 0 Å². The van der Waals surface area contributed by atoms with Crippen molar-refractivity contribution in [1.82, 2.24) is 10.3 Å². The van der Waals surface area contributed by atoms with Crippen LogP contribution < -0.4 is 10.6 Å². The highest BCUT2D eigenvalue weighted by Crippen LogP contribution is 2.09. The van der Waals surface area contributed by atoms with E-state index in [9.17, 15) is 9.59 Å². The zero-order valence-electron chi connectivity index (χ0n) is 12.5. The van der Waals surface area contributed by atoms with Crippen LogP contribution in [0.1, 0.15) is 40.5 Å². The van der Waals surface area contributed by atoms with Gasteiger partial charge in [0.05, 0.1) is 11.1 Å². The first kappa shape index (κ1) is 15.7. The first-order valence-electron chi connectivity index (χ1n) is 7.30. The molecule has 2 rings (SSSR count). The second-order valence-electron chi connectivity index (χ2n) is 4.89. The van der Waals surface area contributed by atoms with Gasteiger partial charge in [0.15, 0.2) is 0 Å². The first-order valence-corrected chi connectivity index (χ1v) is 7.30. The lowest BCUT2D eigenvalue weighted by Crippen LogP contribution is -2.25. The number of carbonyl (C=O) groups is 2. The minimum absolute atomic E-state index is 0.213. The van der Waals surface area contributed by atoms with E-state index in [0.717, 1.165) is 12.8 Å². The molecule has 0 aliphatic rings. The maximum absolute atomic E-state index is 12.2. The highest BCUT2D eigenvalue weighted by molar-refractivity contribution is 6.05. The normalized spacial score (nSPS) is 10.0. The molecule has 2 amide bonds. The quantitative estimate of drug-likeness (QED) is 0.805. The highest BCUT2D eigenvalue weighted by atomic mass is 16.2. The van der Waals surface area contributed by atoms with Crippen LogP contribution in [0.15, 0.2) is 48.8 Å². The zero-order valence-corrected chi connectivity index (χ0v) is 12.5. The smallest absolute Gasteiger partial charge is 0.257 e. The van der Waals surface area contributed by atoms with Crippen molar-refractivity contribution < 1.29 is 9.59 Å². The minimum Gasteiger partial charge on any atom is -0.352 e. The SMILES string of the molecule is CCCCNC(=O)c1cncc(C(=O)Nc2ccccc2)c1. The molecule has 1 aromatic carbocycles. The molecule has 1 aromatic heterocycles. The van der Waals surface area contributed by atoms with Gasteiger partial charge in [-0.05, 0) is 24.6 Å². The van der Waals surface area contributed by atoms with E-state index in [4.69, 9.17) is 0 Å². The van der Waals surface area contributed by atoms with Gasteiger partial charge < -0.3 is 10.6 Å². The Hall–Kier alpha value is -2.69. The molecule has 0 spiro atoms. The Morgan fingerprint density at radius 3 is 2.41 bits per heavy atom. The third-order valence-corrected chi connectivity index (χ3v) is 3.11. The molecule has 0 unspecified atom stereocenters. The Bertz CT molecular complexity index is 641. The molecule has 5 nitrogen and oxygen atoms in total. The van der Waals surface area contributed by atoms with Gasteiger partial charge in [-0.15, -0.1) is 0 Å². The molecule has 0 atom stereocenters. The van der Waals surface area contributed by atoms with E-state index in [1.807, 2.05) is 18.2 Å². The summed E-state index contributed by atoms with van der Waals surface area (Å²) in [6.07, 6.45) is 4.84. The lowest BCUT2D eigenvalue weighted by Gasteiger charge is -2.07. The molecule has 0 bridgehead atoms. The van der Waals surface area contributed by atoms with Crippen LogP contribution in [0.2, 0.25) is 0 Å². The summed E-state index contributed by atoms with van der Waals surface area (Å²) >= 11 is 0. The van der Waals surface area contributed by atoms with Gasteiger partial charge in [-0.2, -0.15) is 0 Å². The average Bonchev–Trinajstić information content (AvgIpc) is 2.56. The number of anilines is 1. The van der Waals surface area contributed by atoms with Gasteiger partial charge in [0.2, 0.25) is 0 Å². The van der Waals surface area contributed by atoms with Crippen molar-refractivity contribution in [2.45, 2.75) is 19.8 Å². The second kappa shape index (κ2) is 7.93. The standard InChI is InChI=1S/C17H19N3O2/c1-2-3-9-19-16(21)13-10-14(12-18-11-13)17(22)20-15-7-5-4-6-8-15/h4-8,10-12H,2-3,9H2,1H3,(H,19,21)(H,20,22). The lowest BCUT2D eigenvalue weighted by atomic mass is 10.1. The van der Waals surface area contributed by atoms with Gasteiger partial charge in [0.25, 0.3) is 11.8 Å². The Morgan fingerprint density at radius 2 is 1.73 bits per heavy atom. The number of hydrogen-bond donors (Lipinski definition) is 2. The third-order valence-electron chi connectivity index (χ3n) is 3.11. The summed E-state index contributed by atoms with van der Waals surface area (Å²) in [5.41, 5.74) is 1.44. The Morgan fingerprint density at radius 1 is 1.05 bits per heavy atom. The Balaban J connectivity index is 2.04. The van der Waals surface area contributed by atoms with Crippen molar-refractivity contribution in [3.05, 3.63) is 59.9 Å². The van der Waals surface area contributed by atoms with Crippen molar-refractivity contribution in [1.29, 1.82) is 0 Å². The van der Waals surface area contributed by atoms with Crippen LogP contribution in [0.5, 0.6) is 0 Å². The van der Waals surface area contributed by atoms with Gasteiger partial charge in [-0.3, -0.25) is 14.6 Å². The first-order chi connectivity index (χ1) is 10.7. The van der Waals surface area contributed by atoms with E-state index in [1.54, 1.807) is 18.2 Å². The van der Waals surface area contributed by atoms with E-state index in [-0.39, 0.29) is 11.8 Å². The lowest BCUT2D eigenvalue weighted by molar-refractivity contribution is 0.0953. The van der Waals surface area contributed by atoms with Crippen LogP contribution in [0.4, 0.5) is 5.69 Å². The van der Waals surface area contributed by atoms with Crippen LogP contribution in [0, 0.1) is 0 Å². The fraction of sp³-hybridized carbons (Fsp3) is 0.235. The summed E-state index contributed by atoms with van der Waals surface area (Å²) < 4.78 is 0. The number of nitrogens with one attached hydrogen (secondary N) is 2. The third kappa shape index (κ3) is 4.41. The number of pyridine rings is 1. The summed E-state index contributed by atoms with van der Waals surface area (Å²) in [4.78, 5) is 28.1. The summed E-state index contributed by atoms with van der Waals surface area (Å²) in [5, 5.41) is 5.57. The number of para-hydroxylation sites is 1. The largest absolute Gasteiger partial charge is 0.352 e. The van der Waals surface area contributed by atoms with Gasteiger partial charge in [0.1, 0.15) is 0 Å². The number of benzene rings is 1. The predicted molar refractivity (Wildman–Crippen MR) is 85.9 cm³/mol. The fourth-order valence-corrected chi connectivity index (χ4v) is 1.89. The monoisotopic (exact) mass is 297 g/mol. The number of aromatic nitrogens is 1. The molecule has 0 fully saturated rings. The molecule has 0 saturated carbocycles. The van der Waals surface area contributed by atoms with Gasteiger partial charge in [-0.25, -0.2) is 0 Å². The van der Waals surface area contributed by atoms with E-state index < -0.39 is 0 Å². The van der Waals surface area contributed by atoms with Crippen LogP contribution in [-0.2, 0) is 0 Å². The molecule has 2 N–H and O–H groups in total. The molecule has 0 aliphatic carbocycles. The molecule has 1 heterocycles. The molecular formula is C17H19N3O2. The molecule has 22 heavy (non-hydrogen) atoms. The van der Waals surface area contributed by atoms with Crippen LogP contribution in [-0.4, -0.2) is 23.3 Å². The van der Waals surface area contributed by atoms with E-state index in [0.29, 0.717) is 23.4 Å². The van der Waals surface area contributed by atoms with E-state index in [2.05, 4.69) is 22.5 Å². The average molecular weight is 297 g/mol. The highest BCUT2D eigenvalue weighted by Gasteiger charge is 2.11. The van der Waals surface area contributed by atoms with Crippen molar-refractivity contribution in [2.24, 2.45) is 0 Å². The summed E-state index contributed by atoms with van der Waals surface area (Å²) in [6, 6.07) is 10.7. The Kier molecular flexibility index (Phi) is 5.65. The summed E-state index contributed by atoms with van der Waals surface area (Å²) in [7, 11) is 0. The van der Waals surface area contributed by atoms with Crippen molar-refractivity contribution in [3.8, 4) is 0 Å². The number of rotatable bonds is 6. The van der Waals surface area contributed by atoms with Crippen molar-refractivity contribution in [2.75, 3.05) is 11.9 Å².